The van der Waals surface area contributed by atoms with Crippen LogP contribution in [0.1, 0.15) is 82.1 Å². The standard InChI is InChI=1S/C18H32NS/c1-4-7-13-18-17(16-11-9-8-10-12-16)14-15-20(18)19(5-2)6-3/h14-16H,4-13H2,1-3H3/q+1. The van der Waals surface area contributed by atoms with Gasteiger partial charge >= 0.3 is 0 Å². The van der Waals surface area contributed by atoms with E-state index in [0.29, 0.717) is 10.7 Å². The Morgan fingerprint density at radius 3 is 2.40 bits per heavy atom. The number of unbranched alkanes of at least 4 members (excludes halogenated alkanes) is 1. The average molecular weight is 295 g/mol. The molecule has 0 bridgehead atoms. The zero-order valence-electron chi connectivity index (χ0n) is 13.7. The molecular weight excluding hydrogens is 262 g/mol. The fourth-order valence-corrected chi connectivity index (χ4v) is 5.85. The summed E-state index contributed by atoms with van der Waals surface area (Å²) in [5, 5.41) is 2.52. The molecule has 1 aromatic rings. The van der Waals surface area contributed by atoms with Gasteiger partial charge < -0.3 is 0 Å². The van der Waals surface area contributed by atoms with E-state index in [9.17, 15) is 0 Å². The van der Waals surface area contributed by atoms with E-state index in [1.807, 2.05) is 0 Å². The van der Waals surface area contributed by atoms with Gasteiger partial charge in [-0.3, -0.25) is 0 Å². The first-order chi connectivity index (χ1) is 9.81. The lowest BCUT2D eigenvalue weighted by molar-refractivity contribution is 0.442. The summed E-state index contributed by atoms with van der Waals surface area (Å²) in [5.74, 6) is 0.875. The van der Waals surface area contributed by atoms with Gasteiger partial charge in [-0.25, -0.2) is 0 Å². The Labute approximate surface area is 128 Å². The van der Waals surface area contributed by atoms with E-state index in [4.69, 9.17) is 0 Å². The zero-order chi connectivity index (χ0) is 14.4. The second-order valence-corrected chi connectivity index (χ2v) is 7.96. The van der Waals surface area contributed by atoms with Crippen LogP contribution >= 0.6 is 10.7 Å². The molecule has 114 valence electrons. The van der Waals surface area contributed by atoms with Crippen molar-refractivity contribution < 1.29 is 0 Å². The highest BCUT2D eigenvalue weighted by Crippen LogP contribution is 2.41. The van der Waals surface area contributed by atoms with Gasteiger partial charge in [-0.1, -0.05) is 32.6 Å². The van der Waals surface area contributed by atoms with Crippen LogP contribution in [0, 0.1) is 0 Å². The third-order valence-electron chi connectivity index (χ3n) is 4.74. The van der Waals surface area contributed by atoms with Crippen LogP contribution in [-0.4, -0.2) is 13.1 Å². The maximum atomic E-state index is 2.65. The molecule has 0 radical (unpaired) electrons. The van der Waals surface area contributed by atoms with Gasteiger partial charge in [-0.15, -0.1) is 4.31 Å². The lowest BCUT2D eigenvalue weighted by Gasteiger charge is -2.21. The van der Waals surface area contributed by atoms with Gasteiger partial charge in [0.2, 0.25) is 0 Å². The third-order valence-corrected chi connectivity index (χ3v) is 7.15. The van der Waals surface area contributed by atoms with Crippen molar-refractivity contribution in [1.82, 2.24) is 0 Å². The molecule has 0 amide bonds. The Hall–Kier alpha value is -0.340. The summed E-state index contributed by atoms with van der Waals surface area (Å²) in [6.45, 7) is 9.29. The Morgan fingerprint density at radius 2 is 1.80 bits per heavy atom. The highest BCUT2D eigenvalue weighted by Gasteiger charge is 2.29. The van der Waals surface area contributed by atoms with Crippen LogP contribution in [0.25, 0.3) is 0 Å². The number of nitrogens with zero attached hydrogens (tertiary/aromatic N) is 1. The van der Waals surface area contributed by atoms with Crippen molar-refractivity contribution in [3.05, 3.63) is 21.9 Å². The molecule has 2 heteroatoms. The Kier molecular flexibility index (Phi) is 6.57. The predicted octanol–water partition coefficient (Wildman–Crippen LogP) is 5.80. The van der Waals surface area contributed by atoms with Gasteiger partial charge in [0, 0.05) is 31.1 Å². The molecule has 1 unspecified atom stereocenters. The molecule has 1 fully saturated rings. The fourth-order valence-electron chi connectivity index (χ4n) is 3.54. The summed E-state index contributed by atoms with van der Waals surface area (Å²) in [4.78, 5) is 1.79. The monoisotopic (exact) mass is 294 g/mol. The van der Waals surface area contributed by atoms with Crippen molar-refractivity contribution in [2.45, 2.75) is 78.1 Å². The van der Waals surface area contributed by atoms with Crippen molar-refractivity contribution in [3.63, 3.8) is 0 Å². The molecule has 0 aliphatic heterocycles. The van der Waals surface area contributed by atoms with E-state index >= 15 is 0 Å². The quantitative estimate of drug-likeness (QED) is 0.574. The van der Waals surface area contributed by atoms with Crippen LogP contribution in [0.2, 0.25) is 0 Å². The van der Waals surface area contributed by atoms with Gasteiger partial charge in [0.15, 0.2) is 10.3 Å². The van der Waals surface area contributed by atoms with Crippen LogP contribution in [-0.2, 0) is 6.42 Å². The molecule has 1 aromatic heterocycles. The number of thiophene rings is 1. The normalized spacial score (nSPS) is 17.9. The molecule has 0 saturated heterocycles. The minimum atomic E-state index is 0.296. The highest BCUT2D eigenvalue weighted by atomic mass is 32.2. The van der Waals surface area contributed by atoms with Crippen molar-refractivity contribution in [3.8, 4) is 0 Å². The van der Waals surface area contributed by atoms with Gasteiger partial charge in [0.1, 0.15) is 0 Å². The van der Waals surface area contributed by atoms with E-state index in [0.717, 1.165) is 5.92 Å². The summed E-state index contributed by atoms with van der Waals surface area (Å²) >= 11 is 0. The second-order valence-electron chi connectivity index (χ2n) is 6.05. The lowest BCUT2D eigenvalue weighted by atomic mass is 9.84. The number of rotatable bonds is 7. The first-order valence-electron chi connectivity index (χ1n) is 8.71. The average Bonchev–Trinajstić information content (AvgIpc) is 2.91. The van der Waals surface area contributed by atoms with Crippen molar-refractivity contribution in [2.75, 3.05) is 17.4 Å². The van der Waals surface area contributed by atoms with E-state index < -0.39 is 0 Å². The molecule has 0 aromatic carbocycles. The summed E-state index contributed by atoms with van der Waals surface area (Å²) < 4.78 is 2.65. The van der Waals surface area contributed by atoms with Gasteiger partial charge in [0.05, 0.1) is 10.7 Å². The summed E-state index contributed by atoms with van der Waals surface area (Å²) in [6, 6.07) is 2.50. The van der Waals surface area contributed by atoms with E-state index in [2.05, 4.69) is 36.5 Å². The maximum Gasteiger partial charge on any atom is 0.175 e. The van der Waals surface area contributed by atoms with E-state index in [1.165, 1.54) is 64.5 Å². The zero-order valence-corrected chi connectivity index (χ0v) is 14.5. The SMILES string of the molecule is CCCCc1c(C2CCCCC2)cc[s+]1N(CC)CC. The topological polar surface area (TPSA) is 3.24 Å². The molecule has 1 saturated carbocycles. The molecule has 1 heterocycles. The van der Waals surface area contributed by atoms with Crippen LogP contribution in [0.15, 0.2) is 11.4 Å². The smallest absolute Gasteiger partial charge is 0.106 e. The van der Waals surface area contributed by atoms with E-state index in [-0.39, 0.29) is 0 Å². The third kappa shape index (κ3) is 3.65. The summed E-state index contributed by atoms with van der Waals surface area (Å²) in [6.07, 6.45) is 11.2. The molecule has 1 nitrogen and oxygen atoms in total. The molecule has 20 heavy (non-hydrogen) atoms. The van der Waals surface area contributed by atoms with Crippen LogP contribution in [0.5, 0.6) is 0 Å². The number of hydrogen-bond donors (Lipinski definition) is 0. The molecule has 1 aliphatic rings. The summed E-state index contributed by atoms with van der Waals surface area (Å²) in [7, 11) is 0.296. The van der Waals surface area contributed by atoms with Crippen LogP contribution < -0.4 is 4.31 Å². The first kappa shape index (κ1) is 16.0. The largest absolute Gasteiger partial charge is 0.175 e. The molecule has 2 rings (SSSR count). The number of hydrogen-bond acceptors (Lipinski definition) is 1. The Bertz CT molecular complexity index is 386. The van der Waals surface area contributed by atoms with Crippen molar-refractivity contribution >= 4 is 10.7 Å². The van der Waals surface area contributed by atoms with E-state index in [1.54, 1.807) is 10.4 Å². The molecule has 1 atom stereocenters. The van der Waals surface area contributed by atoms with Gasteiger partial charge in [0.25, 0.3) is 0 Å². The van der Waals surface area contributed by atoms with Crippen molar-refractivity contribution in [2.24, 2.45) is 0 Å². The Morgan fingerprint density at radius 1 is 1.10 bits per heavy atom. The van der Waals surface area contributed by atoms with Crippen molar-refractivity contribution in [1.29, 1.82) is 0 Å². The predicted molar refractivity (Wildman–Crippen MR) is 92.7 cm³/mol. The molecule has 1 aliphatic carbocycles. The minimum absolute atomic E-state index is 0.296. The lowest BCUT2D eigenvalue weighted by Crippen LogP contribution is -2.21. The molecular formula is C18H32NS+. The first-order valence-corrected chi connectivity index (χ1v) is 9.95. The second kappa shape index (κ2) is 8.19. The van der Waals surface area contributed by atoms with Gasteiger partial charge in [-0.05, 0) is 39.0 Å². The summed E-state index contributed by atoms with van der Waals surface area (Å²) in [5.41, 5.74) is 1.74. The minimum Gasteiger partial charge on any atom is -0.106 e. The fraction of sp³-hybridized carbons (Fsp3) is 0.778. The highest BCUT2D eigenvalue weighted by molar-refractivity contribution is 7.32. The van der Waals surface area contributed by atoms with Crippen LogP contribution in [0.4, 0.5) is 0 Å². The molecule has 0 spiro atoms. The van der Waals surface area contributed by atoms with Gasteiger partial charge in [-0.2, -0.15) is 0 Å². The Balaban J connectivity index is 2.25. The maximum absolute atomic E-state index is 2.65. The van der Waals surface area contributed by atoms with Crippen LogP contribution in [0.3, 0.4) is 0 Å². The molecule has 0 N–H and O–H groups in total.